The van der Waals surface area contributed by atoms with E-state index in [0.717, 1.165) is 52.2 Å². The minimum Gasteiger partial charge on any atom is -0.495 e. The number of benzene rings is 2. The summed E-state index contributed by atoms with van der Waals surface area (Å²) >= 11 is 0. The first-order valence-electron chi connectivity index (χ1n) is 8.28. The number of hydrogen-bond donors (Lipinski definition) is 1. The SMILES string of the molecule is CCCn1nnnc1CNc1cc2oc3ccccc3c2cc1OC. The molecule has 7 nitrogen and oxygen atoms in total. The number of rotatable bonds is 6. The van der Waals surface area contributed by atoms with Gasteiger partial charge in [-0.1, -0.05) is 25.1 Å². The Kier molecular flexibility index (Phi) is 3.97. The third-order valence-corrected chi connectivity index (χ3v) is 4.18. The van der Waals surface area contributed by atoms with E-state index in [1.54, 1.807) is 11.8 Å². The molecule has 2 aromatic carbocycles. The van der Waals surface area contributed by atoms with E-state index >= 15 is 0 Å². The average Bonchev–Trinajstić information content (AvgIpc) is 3.23. The van der Waals surface area contributed by atoms with Crippen LogP contribution in [-0.2, 0) is 13.1 Å². The molecule has 0 fully saturated rings. The van der Waals surface area contributed by atoms with Crippen molar-refractivity contribution in [1.29, 1.82) is 0 Å². The molecule has 0 bridgehead atoms. The normalized spacial score (nSPS) is 11.3. The second-order valence-corrected chi connectivity index (χ2v) is 5.82. The molecule has 0 aliphatic heterocycles. The van der Waals surface area contributed by atoms with Gasteiger partial charge in [-0.3, -0.25) is 0 Å². The van der Waals surface area contributed by atoms with Gasteiger partial charge < -0.3 is 14.5 Å². The number of methoxy groups -OCH3 is 1. The highest BCUT2D eigenvalue weighted by Crippen LogP contribution is 2.36. The van der Waals surface area contributed by atoms with Gasteiger partial charge in [-0.2, -0.15) is 0 Å². The Labute approximate surface area is 144 Å². The Hall–Kier alpha value is -3.09. The smallest absolute Gasteiger partial charge is 0.170 e. The molecule has 2 aromatic heterocycles. The van der Waals surface area contributed by atoms with Crippen LogP contribution >= 0.6 is 0 Å². The fraction of sp³-hybridized carbons (Fsp3) is 0.278. The molecule has 0 saturated heterocycles. The van der Waals surface area contributed by atoms with Crippen molar-refractivity contribution >= 4 is 27.6 Å². The molecule has 25 heavy (non-hydrogen) atoms. The molecule has 4 aromatic rings. The standard InChI is InChI=1S/C18H19N5O2/c1-3-8-23-18(20-21-22-23)11-19-14-10-16-13(9-17(14)24-2)12-6-4-5-7-15(12)25-16/h4-7,9-10,19H,3,8,11H2,1-2H3. The van der Waals surface area contributed by atoms with Gasteiger partial charge in [0.05, 0.1) is 19.3 Å². The van der Waals surface area contributed by atoms with Crippen LogP contribution in [-0.4, -0.2) is 27.3 Å². The van der Waals surface area contributed by atoms with Gasteiger partial charge in [0.1, 0.15) is 16.9 Å². The lowest BCUT2D eigenvalue weighted by atomic mass is 10.1. The third-order valence-electron chi connectivity index (χ3n) is 4.18. The van der Waals surface area contributed by atoms with Crippen LogP contribution in [0, 0.1) is 0 Å². The zero-order chi connectivity index (χ0) is 17.2. The summed E-state index contributed by atoms with van der Waals surface area (Å²) in [6, 6.07) is 11.9. The van der Waals surface area contributed by atoms with E-state index in [1.807, 2.05) is 36.4 Å². The molecule has 0 aliphatic carbocycles. The second kappa shape index (κ2) is 6.43. The number of hydrogen-bond acceptors (Lipinski definition) is 6. The van der Waals surface area contributed by atoms with Gasteiger partial charge in [0.2, 0.25) is 0 Å². The van der Waals surface area contributed by atoms with E-state index in [2.05, 4.69) is 27.8 Å². The van der Waals surface area contributed by atoms with E-state index < -0.39 is 0 Å². The zero-order valence-electron chi connectivity index (χ0n) is 14.2. The van der Waals surface area contributed by atoms with Crippen molar-refractivity contribution in [2.75, 3.05) is 12.4 Å². The van der Waals surface area contributed by atoms with Gasteiger partial charge in [0.25, 0.3) is 0 Å². The van der Waals surface area contributed by atoms with Gasteiger partial charge in [-0.25, -0.2) is 4.68 Å². The number of nitrogens with one attached hydrogen (secondary N) is 1. The monoisotopic (exact) mass is 337 g/mol. The largest absolute Gasteiger partial charge is 0.495 e. The van der Waals surface area contributed by atoms with Crippen LogP contribution in [0.5, 0.6) is 5.75 Å². The van der Waals surface area contributed by atoms with Crippen molar-refractivity contribution in [3.63, 3.8) is 0 Å². The number of anilines is 1. The number of ether oxygens (including phenoxy) is 1. The van der Waals surface area contributed by atoms with Crippen LogP contribution in [0.2, 0.25) is 0 Å². The highest BCUT2D eigenvalue weighted by atomic mass is 16.5. The van der Waals surface area contributed by atoms with Crippen LogP contribution in [0.1, 0.15) is 19.2 Å². The molecule has 128 valence electrons. The molecule has 7 heteroatoms. The molecule has 0 atom stereocenters. The highest BCUT2D eigenvalue weighted by molar-refractivity contribution is 6.06. The number of tetrazole rings is 1. The summed E-state index contributed by atoms with van der Waals surface area (Å²) in [5.41, 5.74) is 2.53. The van der Waals surface area contributed by atoms with Crippen molar-refractivity contribution in [3.05, 3.63) is 42.2 Å². The predicted octanol–water partition coefficient (Wildman–Crippen LogP) is 3.60. The van der Waals surface area contributed by atoms with Crippen LogP contribution in [0.15, 0.2) is 40.8 Å². The van der Waals surface area contributed by atoms with Crippen molar-refractivity contribution in [3.8, 4) is 5.75 Å². The Morgan fingerprint density at radius 1 is 1.16 bits per heavy atom. The van der Waals surface area contributed by atoms with Gasteiger partial charge in [-0.15, -0.1) is 5.10 Å². The Bertz CT molecular complexity index is 1020. The minimum atomic E-state index is 0.509. The van der Waals surface area contributed by atoms with E-state index in [4.69, 9.17) is 9.15 Å². The topological polar surface area (TPSA) is 78.0 Å². The molecule has 0 unspecified atom stereocenters. The van der Waals surface area contributed by atoms with Crippen LogP contribution in [0.4, 0.5) is 5.69 Å². The summed E-state index contributed by atoms with van der Waals surface area (Å²) < 4.78 is 13.3. The molecule has 2 heterocycles. The quantitative estimate of drug-likeness (QED) is 0.579. The van der Waals surface area contributed by atoms with Crippen molar-refractivity contribution < 1.29 is 9.15 Å². The first-order chi connectivity index (χ1) is 12.3. The molecule has 0 saturated carbocycles. The Morgan fingerprint density at radius 2 is 2.04 bits per heavy atom. The molecule has 0 amide bonds. The molecule has 0 spiro atoms. The fourth-order valence-electron chi connectivity index (χ4n) is 2.97. The second-order valence-electron chi connectivity index (χ2n) is 5.82. The Morgan fingerprint density at radius 3 is 2.88 bits per heavy atom. The maximum absolute atomic E-state index is 5.95. The van der Waals surface area contributed by atoms with Gasteiger partial charge >= 0.3 is 0 Å². The van der Waals surface area contributed by atoms with Crippen LogP contribution in [0.3, 0.4) is 0 Å². The maximum atomic E-state index is 5.95. The van der Waals surface area contributed by atoms with Crippen molar-refractivity contribution in [2.45, 2.75) is 26.4 Å². The lowest BCUT2D eigenvalue weighted by molar-refractivity contribution is 0.417. The predicted molar refractivity (Wildman–Crippen MR) is 95.7 cm³/mol. The van der Waals surface area contributed by atoms with Gasteiger partial charge in [-0.05, 0) is 29.0 Å². The fourth-order valence-corrected chi connectivity index (χ4v) is 2.97. The van der Waals surface area contributed by atoms with Crippen molar-refractivity contribution in [2.24, 2.45) is 0 Å². The summed E-state index contributed by atoms with van der Waals surface area (Å²) in [7, 11) is 1.66. The number of para-hydroxylation sites is 1. The number of aryl methyl sites for hydroxylation is 1. The Balaban J connectivity index is 1.68. The summed E-state index contributed by atoms with van der Waals surface area (Å²) in [6.45, 7) is 3.40. The summed E-state index contributed by atoms with van der Waals surface area (Å²) in [5.74, 6) is 1.54. The number of nitrogens with zero attached hydrogens (tertiary/aromatic N) is 4. The zero-order valence-corrected chi connectivity index (χ0v) is 14.2. The molecule has 0 radical (unpaired) electrons. The summed E-state index contributed by atoms with van der Waals surface area (Å²) in [6.07, 6.45) is 0.978. The summed E-state index contributed by atoms with van der Waals surface area (Å²) in [5, 5.41) is 17.3. The number of furan rings is 1. The van der Waals surface area contributed by atoms with Gasteiger partial charge in [0.15, 0.2) is 5.82 Å². The first-order valence-corrected chi connectivity index (χ1v) is 8.28. The number of fused-ring (bicyclic) bond motifs is 3. The maximum Gasteiger partial charge on any atom is 0.170 e. The minimum absolute atomic E-state index is 0.509. The third kappa shape index (κ3) is 2.77. The molecule has 4 rings (SSSR count). The van der Waals surface area contributed by atoms with E-state index in [0.29, 0.717) is 6.54 Å². The van der Waals surface area contributed by atoms with E-state index in [-0.39, 0.29) is 0 Å². The molecule has 0 aliphatic rings. The molecular formula is C18H19N5O2. The van der Waals surface area contributed by atoms with Crippen LogP contribution < -0.4 is 10.1 Å². The lowest BCUT2D eigenvalue weighted by Crippen LogP contribution is -2.10. The summed E-state index contributed by atoms with van der Waals surface area (Å²) in [4.78, 5) is 0. The van der Waals surface area contributed by atoms with E-state index in [9.17, 15) is 0 Å². The average molecular weight is 337 g/mol. The number of aromatic nitrogens is 4. The van der Waals surface area contributed by atoms with Crippen molar-refractivity contribution in [1.82, 2.24) is 20.2 Å². The molecular weight excluding hydrogens is 318 g/mol. The van der Waals surface area contributed by atoms with Gasteiger partial charge in [0, 0.05) is 23.4 Å². The van der Waals surface area contributed by atoms with Crippen LogP contribution in [0.25, 0.3) is 21.9 Å². The van der Waals surface area contributed by atoms with E-state index in [1.165, 1.54) is 0 Å². The molecule has 1 N–H and O–H groups in total. The highest BCUT2D eigenvalue weighted by Gasteiger charge is 2.13. The first kappa shape index (κ1) is 15.4. The lowest BCUT2D eigenvalue weighted by Gasteiger charge is -2.11.